The van der Waals surface area contributed by atoms with E-state index in [0.717, 1.165) is 29.4 Å². The average molecular weight is 305 g/mol. The molecule has 21 heavy (non-hydrogen) atoms. The quantitative estimate of drug-likeness (QED) is 0.931. The molecule has 4 heteroatoms. The van der Waals surface area contributed by atoms with Crippen LogP contribution in [0.25, 0.3) is 0 Å². The second-order valence-corrected chi connectivity index (χ2v) is 9.22. The third-order valence-corrected chi connectivity index (χ3v) is 7.15. The lowest BCUT2D eigenvalue weighted by Crippen LogP contribution is -2.33. The number of fused-ring (bicyclic) bond motifs is 5. The van der Waals surface area contributed by atoms with Crippen LogP contribution in [0.1, 0.15) is 32.1 Å². The van der Waals surface area contributed by atoms with Crippen molar-refractivity contribution in [1.82, 2.24) is 0 Å². The van der Waals surface area contributed by atoms with Crippen LogP contribution in [-0.4, -0.2) is 20.7 Å². The predicted molar refractivity (Wildman–Crippen MR) is 84.0 cm³/mol. The van der Waals surface area contributed by atoms with Crippen LogP contribution in [0, 0.1) is 23.7 Å². The molecule has 2 bridgehead atoms. The minimum atomic E-state index is -3.12. The maximum absolute atomic E-state index is 11.7. The molecule has 1 aromatic carbocycles. The van der Waals surface area contributed by atoms with E-state index >= 15 is 0 Å². The molecule has 0 aliphatic heterocycles. The summed E-state index contributed by atoms with van der Waals surface area (Å²) < 4.78 is 23.3. The lowest BCUT2D eigenvalue weighted by molar-refractivity contribution is 0.243. The summed E-state index contributed by atoms with van der Waals surface area (Å²) in [6.07, 6.45) is 8.20. The van der Waals surface area contributed by atoms with Gasteiger partial charge in [0.15, 0.2) is 9.84 Å². The van der Waals surface area contributed by atoms with Gasteiger partial charge in [-0.3, -0.25) is 0 Å². The van der Waals surface area contributed by atoms with Gasteiger partial charge in [0.1, 0.15) is 0 Å². The van der Waals surface area contributed by atoms with Gasteiger partial charge in [-0.1, -0.05) is 12.5 Å². The Balaban J connectivity index is 1.53. The van der Waals surface area contributed by atoms with Gasteiger partial charge in [0.25, 0.3) is 0 Å². The van der Waals surface area contributed by atoms with E-state index in [9.17, 15) is 8.42 Å². The van der Waals surface area contributed by atoms with Crippen LogP contribution < -0.4 is 5.32 Å². The van der Waals surface area contributed by atoms with Crippen molar-refractivity contribution < 1.29 is 8.42 Å². The molecule has 3 aliphatic carbocycles. The average Bonchev–Trinajstić information content (AvgIpc) is 3.09. The molecule has 1 N–H and O–H groups in total. The molecule has 114 valence electrons. The Bertz CT molecular complexity index is 655. The van der Waals surface area contributed by atoms with Gasteiger partial charge < -0.3 is 5.32 Å². The standard InChI is InChI=1S/C17H23NO2S/c1-21(19,20)13-5-2-4-12(10-13)18-17-9-11-8-16(17)15-7-3-6-14(11)15/h2,4-5,10-11,14-18H,3,6-9H2,1H3. The molecule has 5 unspecified atom stereocenters. The first-order chi connectivity index (χ1) is 10.0. The van der Waals surface area contributed by atoms with Gasteiger partial charge in [-0.15, -0.1) is 0 Å². The molecule has 3 fully saturated rings. The van der Waals surface area contributed by atoms with Crippen LogP contribution in [0.5, 0.6) is 0 Å². The highest BCUT2D eigenvalue weighted by atomic mass is 32.2. The maximum atomic E-state index is 11.7. The molecule has 0 saturated heterocycles. The van der Waals surface area contributed by atoms with Crippen LogP contribution in [0.4, 0.5) is 5.69 Å². The fourth-order valence-electron chi connectivity index (χ4n) is 5.26. The van der Waals surface area contributed by atoms with Gasteiger partial charge in [0.05, 0.1) is 4.90 Å². The maximum Gasteiger partial charge on any atom is 0.175 e. The Morgan fingerprint density at radius 3 is 2.71 bits per heavy atom. The first kappa shape index (κ1) is 13.6. The first-order valence-electron chi connectivity index (χ1n) is 8.09. The molecule has 5 atom stereocenters. The van der Waals surface area contributed by atoms with Gasteiger partial charge in [0, 0.05) is 18.0 Å². The fourth-order valence-corrected chi connectivity index (χ4v) is 5.93. The molecule has 0 heterocycles. The summed E-state index contributed by atoms with van der Waals surface area (Å²) in [5, 5.41) is 3.63. The second-order valence-electron chi connectivity index (χ2n) is 7.20. The molecular weight excluding hydrogens is 282 g/mol. The zero-order chi connectivity index (χ0) is 14.6. The van der Waals surface area contributed by atoms with Crippen LogP contribution in [0.3, 0.4) is 0 Å². The Morgan fingerprint density at radius 1 is 1.10 bits per heavy atom. The van der Waals surface area contributed by atoms with Crippen LogP contribution >= 0.6 is 0 Å². The van der Waals surface area contributed by atoms with Crippen molar-refractivity contribution >= 4 is 15.5 Å². The van der Waals surface area contributed by atoms with Crippen LogP contribution in [-0.2, 0) is 9.84 Å². The van der Waals surface area contributed by atoms with E-state index < -0.39 is 9.84 Å². The van der Waals surface area contributed by atoms with E-state index in [-0.39, 0.29) is 0 Å². The van der Waals surface area contributed by atoms with Crippen molar-refractivity contribution in [1.29, 1.82) is 0 Å². The summed E-state index contributed by atoms with van der Waals surface area (Å²) >= 11 is 0. The van der Waals surface area contributed by atoms with Crippen molar-refractivity contribution in [3.05, 3.63) is 24.3 Å². The normalized spacial score (nSPS) is 37.7. The summed E-state index contributed by atoms with van der Waals surface area (Å²) in [7, 11) is -3.12. The molecule has 4 rings (SSSR count). The van der Waals surface area contributed by atoms with Gasteiger partial charge in [-0.05, 0) is 67.6 Å². The molecule has 0 radical (unpaired) electrons. The molecule has 3 nitrogen and oxygen atoms in total. The van der Waals surface area contributed by atoms with Gasteiger partial charge in [-0.2, -0.15) is 0 Å². The van der Waals surface area contributed by atoms with E-state index in [1.165, 1.54) is 38.4 Å². The van der Waals surface area contributed by atoms with E-state index in [1.54, 1.807) is 12.1 Å². The summed E-state index contributed by atoms with van der Waals surface area (Å²) in [5.41, 5.74) is 0.963. The highest BCUT2D eigenvalue weighted by Gasteiger charge is 2.53. The van der Waals surface area contributed by atoms with Gasteiger partial charge in [0.2, 0.25) is 0 Å². The Morgan fingerprint density at radius 2 is 1.90 bits per heavy atom. The fraction of sp³-hybridized carbons (Fsp3) is 0.647. The molecule has 3 aliphatic rings. The van der Waals surface area contributed by atoms with E-state index in [0.29, 0.717) is 10.9 Å². The highest BCUT2D eigenvalue weighted by molar-refractivity contribution is 7.90. The SMILES string of the molecule is CS(=O)(=O)c1cccc(NC2CC3CC2C2CCCC32)c1. The van der Waals surface area contributed by atoms with Crippen molar-refractivity contribution in [2.24, 2.45) is 23.7 Å². The highest BCUT2D eigenvalue weighted by Crippen LogP contribution is 2.59. The minimum Gasteiger partial charge on any atom is -0.382 e. The number of anilines is 1. The number of rotatable bonds is 3. The molecule has 1 aromatic rings. The molecule has 3 saturated carbocycles. The lowest BCUT2D eigenvalue weighted by atomic mass is 9.79. The number of sulfone groups is 1. The number of nitrogens with one attached hydrogen (secondary N) is 1. The Labute approximate surface area is 127 Å². The minimum absolute atomic E-state index is 0.411. The van der Waals surface area contributed by atoms with Crippen LogP contribution in [0.2, 0.25) is 0 Å². The second kappa shape index (κ2) is 4.73. The molecule has 0 spiro atoms. The van der Waals surface area contributed by atoms with Crippen LogP contribution in [0.15, 0.2) is 29.2 Å². The van der Waals surface area contributed by atoms with E-state index in [2.05, 4.69) is 5.32 Å². The third kappa shape index (κ3) is 2.28. The topological polar surface area (TPSA) is 46.2 Å². The third-order valence-electron chi connectivity index (χ3n) is 6.04. The number of hydrogen-bond donors (Lipinski definition) is 1. The lowest BCUT2D eigenvalue weighted by Gasteiger charge is -2.32. The zero-order valence-corrected chi connectivity index (χ0v) is 13.3. The molecule has 0 amide bonds. The van der Waals surface area contributed by atoms with Gasteiger partial charge >= 0.3 is 0 Å². The Hall–Kier alpha value is -1.03. The van der Waals surface area contributed by atoms with Crippen molar-refractivity contribution in [3.63, 3.8) is 0 Å². The number of hydrogen-bond acceptors (Lipinski definition) is 3. The monoisotopic (exact) mass is 305 g/mol. The summed E-state index contributed by atoms with van der Waals surface area (Å²) in [5.74, 6) is 3.65. The molecular formula is C17H23NO2S. The van der Waals surface area contributed by atoms with E-state index in [4.69, 9.17) is 0 Å². The van der Waals surface area contributed by atoms with Gasteiger partial charge in [-0.25, -0.2) is 8.42 Å². The summed E-state index contributed by atoms with van der Waals surface area (Å²) in [6.45, 7) is 0. The van der Waals surface area contributed by atoms with Crippen molar-refractivity contribution in [2.45, 2.75) is 43.0 Å². The first-order valence-corrected chi connectivity index (χ1v) is 9.98. The van der Waals surface area contributed by atoms with E-state index in [1.807, 2.05) is 12.1 Å². The molecule has 0 aromatic heterocycles. The zero-order valence-electron chi connectivity index (χ0n) is 12.5. The smallest absolute Gasteiger partial charge is 0.175 e. The Kier molecular flexibility index (Phi) is 3.07. The number of benzene rings is 1. The predicted octanol–water partition coefficient (Wildman–Crippen LogP) is 3.33. The summed E-state index contributed by atoms with van der Waals surface area (Å²) in [4.78, 5) is 0.411. The largest absolute Gasteiger partial charge is 0.382 e. The van der Waals surface area contributed by atoms with Crippen molar-refractivity contribution in [2.75, 3.05) is 11.6 Å². The van der Waals surface area contributed by atoms with Crippen molar-refractivity contribution in [3.8, 4) is 0 Å². The summed E-state index contributed by atoms with van der Waals surface area (Å²) in [6, 6.07) is 7.84.